The van der Waals surface area contributed by atoms with E-state index in [1.807, 2.05) is 12.3 Å². The summed E-state index contributed by atoms with van der Waals surface area (Å²) in [7, 11) is 0. The van der Waals surface area contributed by atoms with Gasteiger partial charge in [-0.1, -0.05) is 28.1 Å². The molecular weight excluding hydrogens is 494 g/mol. The third kappa shape index (κ3) is 3.59. The van der Waals surface area contributed by atoms with E-state index < -0.39 is 0 Å². The molecule has 4 aliphatic rings. The molecular formula is C31H34BrN3. The van der Waals surface area contributed by atoms with Crippen molar-refractivity contribution in [1.82, 2.24) is 9.97 Å². The minimum Gasteiger partial charge on any atom is -0.354 e. The van der Waals surface area contributed by atoms with Crippen molar-refractivity contribution < 1.29 is 0 Å². The number of aromatic nitrogens is 2. The lowest BCUT2D eigenvalue weighted by Crippen LogP contribution is -2.48. The van der Waals surface area contributed by atoms with Gasteiger partial charge in [0.2, 0.25) is 0 Å². The Balaban J connectivity index is 1.39. The Kier molecular flexibility index (Phi) is 5.33. The highest BCUT2D eigenvalue weighted by atomic mass is 79.9. The van der Waals surface area contributed by atoms with Crippen LogP contribution in [0.25, 0.3) is 33.1 Å². The molecule has 3 N–H and O–H groups in total. The first kappa shape index (κ1) is 22.1. The third-order valence-electron chi connectivity index (χ3n) is 9.42. The fourth-order valence-corrected chi connectivity index (χ4v) is 8.77. The normalized spacial score (nSPS) is 27.3. The van der Waals surface area contributed by atoms with Gasteiger partial charge in [0.05, 0.1) is 11.2 Å². The molecule has 180 valence electrons. The average molecular weight is 529 g/mol. The maximum atomic E-state index is 5.89. The summed E-state index contributed by atoms with van der Waals surface area (Å²) in [6.07, 6.45) is 13.8. The number of aromatic amines is 1. The van der Waals surface area contributed by atoms with Crippen molar-refractivity contribution in [2.75, 3.05) is 6.54 Å². The Bertz CT molecular complexity index is 1380. The molecule has 2 aromatic heterocycles. The molecule has 4 aliphatic carbocycles. The second kappa shape index (κ2) is 8.45. The number of H-pyrrole nitrogens is 1. The maximum Gasteiger partial charge on any atom is 0.0806 e. The monoisotopic (exact) mass is 527 g/mol. The molecule has 0 saturated heterocycles. The van der Waals surface area contributed by atoms with Gasteiger partial charge in [-0.25, -0.2) is 0 Å². The number of pyridine rings is 1. The molecule has 0 spiro atoms. The van der Waals surface area contributed by atoms with Gasteiger partial charge in [-0.3, -0.25) is 4.98 Å². The highest BCUT2D eigenvalue weighted by Gasteiger charge is 2.51. The minimum absolute atomic E-state index is 0.417. The van der Waals surface area contributed by atoms with Gasteiger partial charge in [0.15, 0.2) is 0 Å². The van der Waals surface area contributed by atoms with Gasteiger partial charge < -0.3 is 10.7 Å². The number of hydrogen-bond acceptors (Lipinski definition) is 2. The van der Waals surface area contributed by atoms with Gasteiger partial charge in [-0.15, -0.1) is 0 Å². The quantitative estimate of drug-likeness (QED) is 0.250. The SMILES string of the molecule is NCCCCc1c(-c2ccc(Br)c3cccnc23)[nH]c2ccc(C34CC5CC(CC(C5)C3)C4)cc12. The summed E-state index contributed by atoms with van der Waals surface area (Å²) in [6, 6.07) is 15.9. The second-order valence-electron chi connectivity index (χ2n) is 11.7. The van der Waals surface area contributed by atoms with Crippen LogP contribution in [0.3, 0.4) is 0 Å². The Morgan fingerprint density at radius 1 is 0.943 bits per heavy atom. The summed E-state index contributed by atoms with van der Waals surface area (Å²) in [6.45, 7) is 0.749. The lowest BCUT2D eigenvalue weighted by atomic mass is 9.48. The molecule has 4 aromatic rings. The molecule has 0 unspecified atom stereocenters. The van der Waals surface area contributed by atoms with E-state index in [2.05, 4.69) is 57.3 Å². The first-order valence-corrected chi connectivity index (χ1v) is 14.3. The summed E-state index contributed by atoms with van der Waals surface area (Å²) in [5.74, 6) is 2.88. The molecule has 4 fully saturated rings. The molecule has 2 heterocycles. The van der Waals surface area contributed by atoms with Crippen molar-refractivity contribution in [2.45, 2.75) is 63.2 Å². The van der Waals surface area contributed by atoms with Crippen LogP contribution < -0.4 is 5.73 Å². The molecule has 35 heavy (non-hydrogen) atoms. The highest BCUT2D eigenvalue weighted by molar-refractivity contribution is 9.10. The molecule has 0 aliphatic heterocycles. The second-order valence-corrected chi connectivity index (χ2v) is 12.5. The van der Waals surface area contributed by atoms with Crippen molar-refractivity contribution in [3.63, 3.8) is 0 Å². The van der Waals surface area contributed by atoms with E-state index in [0.29, 0.717) is 5.41 Å². The van der Waals surface area contributed by atoms with Crippen LogP contribution in [0.4, 0.5) is 0 Å². The first-order chi connectivity index (χ1) is 17.1. The zero-order chi connectivity index (χ0) is 23.6. The molecule has 0 amide bonds. The van der Waals surface area contributed by atoms with Crippen molar-refractivity contribution in [1.29, 1.82) is 0 Å². The van der Waals surface area contributed by atoms with Gasteiger partial charge in [-0.2, -0.15) is 0 Å². The first-order valence-electron chi connectivity index (χ1n) is 13.5. The van der Waals surface area contributed by atoms with Gasteiger partial charge in [0, 0.05) is 32.5 Å². The largest absolute Gasteiger partial charge is 0.354 e. The number of benzene rings is 2. The van der Waals surface area contributed by atoms with Crippen LogP contribution in [0.5, 0.6) is 0 Å². The zero-order valence-corrected chi connectivity index (χ0v) is 21.9. The number of rotatable bonds is 6. The topological polar surface area (TPSA) is 54.7 Å². The molecule has 8 rings (SSSR count). The van der Waals surface area contributed by atoms with Crippen molar-refractivity contribution in [2.24, 2.45) is 23.5 Å². The number of fused-ring (bicyclic) bond motifs is 2. The number of nitrogens with zero attached hydrogens (tertiary/aromatic N) is 1. The molecule has 4 bridgehead atoms. The summed E-state index contributed by atoms with van der Waals surface area (Å²) in [4.78, 5) is 8.63. The standard InChI is InChI=1S/C31H34BrN3/c32-27-8-7-25(29-24(27)5-3-11-34-29)30-23(4-1-2-10-33)26-15-22(6-9-28(26)35-30)31-16-19-12-20(17-31)14-21(13-19)18-31/h3,5-9,11,15,19-21,35H,1-2,4,10,12-14,16-18,33H2. The smallest absolute Gasteiger partial charge is 0.0806 e. The Labute approximate surface area is 216 Å². The fourth-order valence-electron chi connectivity index (χ4n) is 8.32. The molecule has 3 nitrogen and oxygen atoms in total. The number of halogens is 1. The zero-order valence-electron chi connectivity index (χ0n) is 20.3. The van der Waals surface area contributed by atoms with Crippen LogP contribution in [0.15, 0.2) is 53.1 Å². The summed E-state index contributed by atoms with van der Waals surface area (Å²) in [5, 5.41) is 2.57. The number of hydrogen-bond donors (Lipinski definition) is 2. The van der Waals surface area contributed by atoms with Gasteiger partial charge >= 0.3 is 0 Å². The summed E-state index contributed by atoms with van der Waals surface area (Å²) < 4.78 is 1.09. The van der Waals surface area contributed by atoms with Crippen LogP contribution in [0.2, 0.25) is 0 Å². The van der Waals surface area contributed by atoms with Crippen molar-refractivity contribution >= 4 is 37.7 Å². The third-order valence-corrected chi connectivity index (χ3v) is 10.1. The van der Waals surface area contributed by atoms with Crippen LogP contribution >= 0.6 is 15.9 Å². The van der Waals surface area contributed by atoms with Crippen LogP contribution in [-0.4, -0.2) is 16.5 Å². The Morgan fingerprint density at radius 3 is 2.46 bits per heavy atom. The van der Waals surface area contributed by atoms with Crippen LogP contribution in [-0.2, 0) is 11.8 Å². The number of nitrogens with two attached hydrogens (primary N) is 1. The lowest BCUT2D eigenvalue weighted by molar-refractivity contribution is -0.00513. The number of aryl methyl sites for hydroxylation is 1. The molecule has 0 radical (unpaired) electrons. The van der Waals surface area contributed by atoms with Gasteiger partial charge in [0.25, 0.3) is 0 Å². The predicted molar refractivity (Wildman–Crippen MR) is 149 cm³/mol. The van der Waals surface area contributed by atoms with E-state index in [0.717, 1.165) is 58.9 Å². The van der Waals surface area contributed by atoms with E-state index in [9.17, 15) is 0 Å². The van der Waals surface area contributed by atoms with Crippen LogP contribution in [0.1, 0.15) is 62.5 Å². The molecule has 4 saturated carbocycles. The predicted octanol–water partition coefficient (Wildman–Crippen LogP) is 7.89. The average Bonchev–Trinajstić information content (AvgIpc) is 3.21. The minimum atomic E-state index is 0.417. The van der Waals surface area contributed by atoms with E-state index in [4.69, 9.17) is 10.7 Å². The number of unbranched alkanes of at least 4 members (excludes halogenated alkanes) is 1. The summed E-state index contributed by atoms with van der Waals surface area (Å²) >= 11 is 3.73. The van der Waals surface area contributed by atoms with E-state index >= 15 is 0 Å². The lowest BCUT2D eigenvalue weighted by Gasteiger charge is -2.57. The van der Waals surface area contributed by atoms with Crippen molar-refractivity contribution in [3.8, 4) is 11.3 Å². The maximum absolute atomic E-state index is 5.89. The summed E-state index contributed by atoms with van der Waals surface area (Å²) in [5.41, 5.74) is 14.1. The fraction of sp³-hybridized carbons (Fsp3) is 0.452. The van der Waals surface area contributed by atoms with Crippen molar-refractivity contribution in [3.05, 3.63) is 64.3 Å². The van der Waals surface area contributed by atoms with Crippen LogP contribution in [0, 0.1) is 17.8 Å². The molecule has 0 atom stereocenters. The van der Waals surface area contributed by atoms with E-state index in [-0.39, 0.29) is 0 Å². The van der Waals surface area contributed by atoms with E-state index in [1.165, 1.54) is 66.2 Å². The Hall–Kier alpha value is -2.17. The molecule has 4 heteroatoms. The van der Waals surface area contributed by atoms with Gasteiger partial charge in [0.1, 0.15) is 0 Å². The van der Waals surface area contributed by atoms with Gasteiger partial charge in [-0.05, 0) is 129 Å². The van der Waals surface area contributed by atoms with E-state index in [1.54, 1.807) is 5.56 Å². The number of nitrogens with one attached hydrogen (secondary N) is 1. The molecule has 2 aromatic carbocycles. The highest BCUT2D eigenvalue weighted by Crippen LogP contribution is 2.61. The Morgan fingerprint density at radius 2 is 1.71 bits per heavy atom.